The summed E-state index contributed by atoms with van der Waals surface area (Å²) in [7, 11) is 0. The van der Waals surface area contributed by atoms with Gasteiger partial charge in [0.1, 0.15) is 6.61 Å². The second-order valence-corrected chi connectivity index (χ2v) is 5.76. The van der Waals surface area contributed by atoms with Gasteiger partial charge in [0.15, 0.2) is 17.3 Å². The number of aromatic nitrogens is 2. The number of amides is 1. The van der Waals surface area contributed by atoms with E-state index in [1.807, 2.05) is 6.92 Å². The Hall–Kier alpha value is -2.45. The van der Waals surface area contributed by atoms with E-state index < -0.39 is 11.9 Å². The summed E-state index contributed by atoms with van der Waals surface area (Å²) < 4.78 is 24.1. The molecule has 1 amide bonds. The minimum absolute atomic E-state index is 0.0580. The first-order valence-corrected chi connectivity index (χ1v) is 8.08. The highest BCUT2D eigenvalue weighted by Crippen LogP contribution is 2.18. The van der Waals surface area contributed by atoms with Crippen molar-refractivity contribution in [3.63, 3.8) is 0 Å². The SMILES string of the molecule is CCN(C(=O)c1cc(COc2ccccc2F)[nH]n1)[C@@H]1COC[C@H]1O. The van der Waals surface area contributed by atoms with Crippen LogP contribution in [0.2, 0.25) is 0 Å². The highest BCUT2D eigenvalue weighted by atomic mass is 19.1. The highest BCUT2D eigenvalue weighted by molar-refractivity contribution is 5.92. The van der Waals surface area contributed by atoms with Gasteiger partial charge in [-0.3, -0.25) is 9.89 Å². The van der Waals surface area contributed by atoms with Crippen LogP contribution in [-0.2, 0) is 11.3 Å². The Kier molecular flexibility index (Phi) is 5.30. The zero-order chi connectivity index (χ0) is 17.8. The van der Waals surface area contributed by atoms with Crippen molar-refractivity contribution in [2.75, 3.05) is 19.8 Å². The predicted octanol–water partition coefficient (Wildman–Crippen LogP) is 1.35. The van der Waals surface area contributed by atoms with Gasteiger partial charge in [0.2, 0.25) is 0 Å². The van der Waals surface area contributed by atoms with Crippen LogP contribution >= 0.6 is 0 Å². The van der Waals surface area contributed by atoms with Crippen LogP contribution < -0.4 is 4.74 Å². The zero-order valence-corrected chi connectivity index (χ0v) is 13.8. The van der Waals surface area contributed by atoms with E-state index in [1.165, 1.54) is 17.0 Å². The first-order valence-electron chi connectivity index (χ1n) is 8.08. The zero-order valence-electron chi connectivity index (χ0n) is 13.8. The Morgan fingerprint density at radius 2 is 2.28 bits per heavy atom. The van der Waals surface area contributed by atoms with Crippen molar-refractivity contribution in [3.05, 3.63) is 47.5 Å². The van der Waals surface area contributed by atoms with Gasteiger partial charge in [-0.2, -0.15) is 5.10 Å². The maximum atomic E-state index is 13.5. The average Bonchev–Trinajstić information content (AvgIpc) is 3.24. The Bertz CT molecular complexity index is 736. The Labute approximate surface area is 144 Å². The van der Waals surface area contributed by atoms with Gasteiger partial charge in [-0.15, -0.1) is 0 Å². The summed E-state index contributed by atoms with van der Waals surface area (Å²) in [5, 5.41) is 16.6. The molecule has 0 unspecified atom stereocenters. The third-order valence-corrected chi connectivity index (χ3v) is 4.09. The molecule has 2 heterocycles. The molecule has 8 heteroatoms. The minimum atomic E-state index is -0.702. The minimum Gasteiger partial charge on any atom is -0.484 e. The van der Waals surface area contributed by atoms with Gasteiger partial charge in [0, 0.05) is 6.54 Å². The van der Waals surface area contributed by atoms with Crippen LogP contribution in [0.4, 0.5) is 4.39 Å². The number of aliphatic hydroxyl groups excluding tert-OH is 1. The number of carbonyl (C=O) groups is 1. The lowest BCUT2D eigenvalue weighted by Gasteiger charge is -2.27. The number of benzene rings is 1. The summed E-state index contributed by atoms with van der Waals surface area (Å²) in [6.07, 6.45) is -0.702. The third-order valence-electron chi connectivity index (χ3n) is 4.09. The lowest BCUT2D eigenvalue weighted by Crippen LogP contribution is -2.46. The average molecular weight is 349 g/mol. The topological polar surface area (TPSA) is 87.7 Å². The number of para-hydroxylation sites is 1. The fourth-order valence-electron chi connectivity index (χ4n) is 2.77. The number of halogens is 1. The van der Waals surface area contributed by atoms with Crippen LogP contribution in [0.25, 0.3) is 0 Å². The monoisotopic (exact) mass is 349 g/mol. The number of aromatic amines is 1. The molecule has 2 atom stereocenters. The standard InChI is InChI=1S/C17H20FN3O4/c1-2-21(14-9-24-10-15(14)22)17(23)13-7-11(19-20-13)8-25-16-6-4-3-5-12(16)18/h3-7,14-15,22H,2,8-10H2,1H3,(H,19,20)/t14-,15-/m1/s1. The molecule has 2 aromatic rings. The number of nitrogens with one attached hydrogen (secondary N) is 1. The van der Waals surface area contributed by atoms with Gasteiger partial charge in [0.05, 0.1) is 31.1 Å². The summed E-state index contributed by atoms with van der Waals surface area (Å²) in [6, 6.07) is 7.27. The molecule has 7 nitrogen and oxygen atoms in total. The molecule has 2 N–H and O–H groups in total. The van der Waals surface area contributed by atoms with Crippen LogP contribution in [0.3, 0.4) is 0 Å². The molecule has 0 saturated carbocycles. The number of aliphatic hydroxyl groups is 1. The van der Waals surface area contributed by atoms with Gasteiger partial charge in [0.25, 0.3) is 5.91 Å². The molecular formula is C17H20FN3O4. The Balaban J connectivity index is 1.65. The van der Waals surface area contributed by atoms with Gasteiger partial charge >= 0.3 is 0 Å². The molecule has 1 saturated heterocycles. The normalized spacial score (nSPS) is 19.8. The van der Waals surface area contributed by atoms with Crippen molar-refractivity contribution >= 4 is 5.91 Å². The molecule has 25 heavy (non-hydrogen) atoms. The molecule has 0 radical (unpaired) electrons. The van der Waals surface area contributed by atoms with Gasteiger partial charge in [-0.1, -0.05) is 12.1 Å². The molecule has 1 aliphatic heterocycles. The van der Waals surface area contributed by atoms with Crippen molar-refractivity contribution < 1.29 is 23.8 Å². The predicted molar refractivity (Wildman–Crippen MR) is 86.6 cm³/mol. The highest BCUT2D eigenvalue weighted by Gasteiger charge is 2.34. The number of H-pyrrole nitrogens is 1. The summed E-state index contributed by atoms with van der Waals surface area (Å²) in [5.74, 6) is -0.623. The summed E-state index contributed by atoms with van der Waals surface area (Å²) in [5.41, 5.74) is 0.763. The molecule has 3 rings (SSSR count). The van der Waals surface area contributed by atoms with E-state index in [1.54, 1.807) is 18.2 Å². The molecular weight excluding hydrogens is 329 g/mol. The second kappa shape index (κ2) is 7.62. The van der Waals surface area contributed by atoms with Crippen LogP contribution in [0, 0.1) is 5.82 Å². The lowest BCUT2D eigenvalue weighted by molar-refractivity contribution is 0.0515. The number of hydrogen-bond donors (Lipinski definition) is 2. The van der Waals surface area contributed by atoms with Crippen molar-refractivity contribution in [1.29, 1.82) is 0 Å². The Morgan fingerprint density at radius 1 is 1.48 bits per heavy atom. The van der Waals surface area contributed by atoms with Crippen molar-refractivity contribution in [1.82, 2.24) is 15.1 Å². The number of ether oxygens (including phenoxy) is 2. The fourth-order valence-corrected chi connectivity index (χ4v) is 2.77. The Morgan fingerprint density at radius 3 is 2.96 bits per heavy atom. The smallest absolute Gasteiger partial charge is 0.274 e. The maximum Gasteiger partial charge on any atom is 0.274 e. The third kappa shape index (κ3) is 3.80. The van der Waals surface area contributed by atoms with Crippen LogP contribution in [0.5, 0.6) is 5.75 Å². The molecule has 1 aromatic heterocycles. The molecule has 0 bridgehead atoms. The molecule has 1 fully saturated rings. The molecule has 1 aromatic carbocycles. The maximum absolute atomic E-state index is 13.5. The van der Waals surface area contributed by atoms with E-state index in [9.17, 15) is 14.3 Å². The number of carbonyl (C=O) groups excluding carboxylic acids is 1. The summed E-state index contributed by atoms with van der Waals surface area (Å²) in [4.78, 5) is 14.2. The van der Waals surface area contributed by atoms with Crippen molar-refractivity contribution in [3.8, 4) is 5.75 Å². The molecule has 1 aliphatic rings. The van der Waals surface area contributed by atoms with E-state index in [0.29, 0.717) is 18.8 Å². The van der Waals surface area contributed by atoms with Gasteiger partial charge < -0.3 is 19.5 Å². The molecule has 134 valence electrons. The van der Waals surface area contributed by atoms with Crippen LogP contribution in [0.1, 0.15) is 23.1 Å². The second-order valence-electron chi connectivity index (χ2n) is 5.76. The quantitative estimate of drug-likeness (QED) is 0.822. The lowest BCUT2D eigenvalue weighted by atomic mass is 10.1. The van der Waals surface area contributed by atoms with E-state index in [0.717, 1.165) is 0 Å². The van der Waals surface area contributed by atoms with E-state index in [2.05, 4.69) is 10.2 Å². The fraction of sp³-hybridized carbons (Fsp3) is 0.412. The van der Waals surface area contributed by atoms with E-state index in [-0.39, 0.29) is 36.6 Å². The van der Waals surface area contributed by atoms with Crippen LogP contribution in [-0.4, -0.2) is 58.0 Å². The van der Waals surface area contributed by atoms with Crippen molar-refractivity contribution in [2.24, 2.45) is 0 Å². The van der Waals surface area contributed by atoms with E-state index in [4.69, 9.17) is 9.47 Å². The van der Waals surface area contributed by atoms with Crippen LogP contribution in [0.15, 0.2) is 30.3 Å². The molecule has 0 aliphatic carbocycles. The number of likely N-dealkylation sites (N-methyl/N-ethyl adjacent to an activating group) is 1. The van der Waals surface area contributed by atoms with Gasteiger partial charge in [-0.25, -0.2) is 4.39 Å². The number of nitrogens with zero attached hydrogens (tertiary/aromatic N) is 2. The summed E-state index contributed by atoms with van der Waals surface area (Å²) >= 11 is 0. The summed E-state index contributed by atoms with van der Waals surface area (Å²) in [6.45, 7) is 2.84. The largest absolute Gasteiger partial charge is 0.484 e. The van der Waals surface area contributed by atoms with Gasteiger partial charge in [-0.05, 0) is 25.1 Å². The number of rotatable bonds is 6. The van der Waals surface area contributed by atoms with Crippen molar-refractivity contribution in [2.45, 2.75) is 25.7 Å². The van der Waals surface area contributed by atoms with E-state index >= 15 is 0 Å². The first kappa shape index (κ1) is 17.4. The number of hydrogen-bond acceptors (Lipinski definition) is 5. The molecule has 0 spiro atoms. The first-order chi connectivity index (χ1) is 12.1.